The van der Waals surface area contributed by atoms with Gasteiger partial charge in [-0.15, -0.1) is 11.3 Å². The molecule has 1 aromatic rings. The summed E-state index contributed by atoms with van der Waals surface area (Å²) in [5.41, 5.74) is 7.37. The molecule has 1 aliphatic rings. The highest BCUT2D eigenvalue weighted by molar-refractivity contribution is 7.17. The van der Waals surface area contributed by atoms with Gasteiger partial charge in [0.1, 0.15) is 5.00 Å². The zero-order valence-corrected chi connectivity index (χ0v) is 12.8. The van der Waals surface area contributed by atoms with Gasteiger partial charge in [0.25, 0.3) is 0 Å². The van der Waals surface area contributed by atoms with E-state index in [0.717, 1.165) is 24.8 Å². The Morgan fingerprint density at radius 1 is 1.35 bits per heavy atom. The summed E-state index contributed by atoms with van der Waals surface area (Å²) in [6, 6.07) is -0.586. The van der Waals surface area contributed by atoms with Crippen molar-refractivity contribution in [3.05, 3.63) is 16.0 Å². The molecule has 0 aliphatic heterocycles. The molecule has 20 heavy (non-hydrogen) atoms. The number of fused-ring (bicyclic) bond motifs is 1. The number of ether oxygens (including phenoxy) is 1. The number of amides is 1. The lowest BCUT2D eigenvalue weighted by atomic mass is 10.0. The Morgan fingerprint density at radius 3 is 2.65 bits per heavy atom. The topological polar surface area (TPSA) is 81.4 Å². The molecule has 3 N–H and O–H groups in total. The minimum Gasteiger partial charge on any atom is -0.465 e. The molecule has 2 rings (SSSR count). The van der Waals surface area contributed by atoms with E-state index in [1.54, 1.807) is 0 Å². The average Bonchev–Trinajstić information content (AvgIpc) is 2.96. The number of aryl methyl sites for hydroxylation is 1. The van der Waals surface area contributed by atoms with Gasteiger partial charge >= 0.3 is 5.97 Å². The third-order valence-corrected chi connectivity index (χ3v) is 4.78. The second-order valence-electron chi connectivity index (χ2n) is 5.31. The van der Waals surface area contributed by atoms with Gasteiger partial charge in [0.05, 0.1) is 18.7 Å². The van der Waals surface area contributed by atoms with Crippen molar-refractivity contribution in [2.75, 3.05) is 12.4 Å². The number of rotatable bonds is 4. The van der Waals surface area contributed by atoms with Crippen LogP contribution in [-0.4, -0.2) is 25.0 Å². The van der Waals surface area contributed by atoms with E-state index >= 15 is 0 Å². The smallest absolute Gasteiger partial charge is 0.341 e. The Morgan fingerprint density at radius 2 is 2.05 bits per heavy atom. The van der Waals surface area contributed by atoms with Crippen LogP contribution in [0.2, 0.25) is 0 Å². The van der Waals surface area contributed by atoms with E-state index in [1.807, 2.05) is 13.8 Å². The monoisotopic (exact) mass is 296 g/mol. The first-order valence-corrected chi connectivity index (χ1v) is 7.56. The van der Waals surface area contributed by atoms with Crippen molar-refractivity contribution >= 4 is 28.2 Å². The van der Waals surface area contributed by atoms with Gasteiger partial charge in [0.2, 0.25) is 5.91 Å². The first-order valence-electron chi connectivity index (χ1n) is 6.75. The predicted octanol–water partition coefficient (Wildman–Crippen LogP) is 1.95. The number of nitrogens with one attached hydrogen (secondary N) is 1. The van der Waals surface area contributed by atoms with Crippen LogP contribution in [0.25, 0.3) is 0 Å². The van der Waals surface area contributed by atoms with Crippen molar-refractivity contribution in [3.63, 3.8) is 0 Å². The molecule has 1 heterocycles. The quantitative estimate of drug-likeness (QED) is 0.832. The number of anilines is 1. The summed E-state index contributed by atoms with van der Waals surface area (Å²) in [7, 11) is 1.35. The van der Waals surface area contributed by atoms with Crippen LogP contribution in [0.3, 0.4) is 0 Å². The van der Waals surface area contributed by atoms with Crippen LogP contribution in [0.4, 0.5) is 5.00 Å². The normalized spacial score (nSPS) is 15.1. The van der Waals surface area contributed by atoms with Gasteiger partial charge < -0.3 is 15.8 Å². The molecule has 1 aromatic heterocycles. The molecule has 0 unspecified atom stereocenters. The molecule has 0 bridgehead atoms. The van der Waals surface area contributed by atoms with Gasteiger partial charge in [0, 0.05) is 4.88 Å². The fourth-order valence-corrected chi connectivity index (χ4v) is 3.59. The molecule has 0 fully saturated rings. The van der Waals surface area contributed by atoms with E-state index in [4.69, 9.17) is 10.5 Å². The van der Waals surface area contributed by atoms with Crippen LogP contribution < -0.4 is 11.1 Å². The number of carbonyl (C=O) groups is 2. The molecule has 0 saturated carbocycles. The molecule has 1 aliphatic carbocycles. The molecule has 0 radical (unpaired) electrons. The number of esters is 1. The highest BCUT2D eigenvalue weighted by atomic mass is 32.1. The van der Waals surface area contributed by atoms with Crippen LogP contribution in [0, 0.1) is 5.92 Å². The van der Waals surface area contributed by atoms with E-state index in [-0.39, 0.29) is 11.8 Å². The van der Waals surface area contributed by atoms with Gasteiger partial charge in [-0.25, -0.2) is 4.79 Å². The summed E-state index contributed by atoms with van der Waals surface area (Å²) in [6.07, 6.45) is 2.86. The first-order chi connectivity index (χ1) is 9.45. The summed E-state index contributed by atoms with van der Waals surface area (Å²) < 4.78 is 4.84. The maximum atomic E-state index is 12.1. The molecule has 1 amide bonds. The van der Waals surface area contributed by atoms with E-state index in [0.29, 0.717) is 10.6 Å². The van der Waals surface area contributed by atoms with Crippen LogP contribution in [0.5, 0.6) is 0 Å². The number of methoxy groups -OCH3 is 1. The van der Waals surface area contributed by atoms with E-state index in [9.17, 15) is 9.59 Å². The Labute approximate surface area is 122 Å². The molecule has 5 nitrogen and oxygen atoms in total. The van der Waals surface area contributed by atoms with Crippen molar-refractivity contribution < 1.29 is 14.3 Å². The van der Waals surface area contributed by atoms with Crippen molar-refractivity contribution in [2.45, 2.75) is 39.2 Å². The second kappa shape index (κ2) is 5.93. The van der Waals surface area contributed by atoms with Crippen LogP contribution >= 0.6 is 11.3 Å². The second-order valence-corrected chi connectivity index (χ2v) is 6.42. The number of thiophene rings is 1. The summed E-state index contributed by atoms with van der Waals surface area (Å²) >= 11 is 1.46. The van der Waals surface area contributed by atoms with Crippen LogP contribution in [0.1, 0.15) is 41.1 Å². The zero-order valence-electron chi connectivity index (χ0n) is 12.0. The lowest BCUT2D eigenvalue weighted by Gasteiger charge is -2.15. The lowest BCUT2D eigenvalue weighted by Crippen LogP contribution is -2.39. The van der Waals surface area contributed by atoms with Crippen molar-refractivity contribution in [3.8, 4) is 0 Å². The van der Waals surface area contributed by atoms with Gasteiger partial charge in [-0.1, -0.05) is 13.8 Å². The minimum absolute atomic E-state index is 0.0448. The Bertz CT molecular complexity index is 537. The third-order valence-electron chi connectivity index (χ3n) is 3.57. The summed E-state index contributed by atoms with van der Waals surface area (Å²) in [5.74, 6) is -0.605. The van der Waals surface area contributed by atoms with Crippen molar-refractivity contribution in [2.24, 2.45) is 11.7 Å². The van der Waals surface area contributed by atoms with Gasteiger partial charge in [-0.2, -0.15) is 0 Å². The highest BCUT2D eigenvalue weighted by Gasteiger charge is 2.29. The highest BCUT2D eigenvalue weighted by Crippen LogP contribution is 2.39. The standard InChI is InChI=1S/C14H20N2O3S/c1-7(2)11(15)12(17)16-13-10(14(18)19-3)8-5-4-6-9(8)20-13/h7,11H,4-6,15H2,1-3H3,(H,16,17)/t11-/m1/s1. The summed E-state index contributed by atoms with van der Waals surface area (Å²) in [5, 5.41) is 3.36. The molecule has 6 heteroatoms. The summed E-state index contributed by atoms with van der Waals surface area (Å²) in [4.78, 5) is 25.2. The molecule has 1 atom stereocenters. The van der Waals surface area contributed by atoms with Crippen LogP contribution in [-0.2, 0) is 22.4 Å². The fourth-order valence-electron chi connectivity index (χ4n) is 2.31. The number of carbonyl (C=O) groups excluding carboxylic acids is 2. The van der Waals surface area contributed by atoms with E-state index in [1.165, 1.54) is 23.3 Å². The Hall–Kier alpha value is -1.40. The Kier molecular flexibility index (Phi) is 4.45. The Balaban J connectivity index is 2.28. The number of hydrogen-bond donors (Lipinski definition) is 2. The van der Waals surface area contributed by atoms with Crippen molar-refractivity contribution in [1.29, 1.82) is 0 Å². The predicted molar refractivity (Wildman–Crippen MR) is 79.1 cm³/mol. The van der Waals surface area contributed by atoms with Gasteiger partial charge in [0.15, 0.2) is 0 Å². The molecule has 110 valence electrons. The number of nitrogens with two attached hydrogens (primary N) is 1. The molecular weight excluding hydrogens is 276 g/mol. The van der Waals surface area contributed by atoms with E-state index in [2.05, 4.69) is 5.32 Å². The largest absolute Gasteiger partial charge is 0.465 e. The summed E-state index contributed by atoms with van der Waals surface area (Å²) in [6.45, 7) is 3.78. The molecule has 0 spiro atoms. The van der Waals surface area contributed by atoms with E-state index < -0.39 is 12.0 Å². The SMILES string of the molecule is COC(=O)c1c(NC(=O)[C@H](N)C(C)C)sc2c1CCC2. The van der Waals surface area contributed by atoms with Crippen LogP contribution in [0.15, 0.2) is 0 Å². The lowest BCUT2D eigenvalue weighted by molar-refractivity contribution is -0.118. The van der Waals surface area contributed by atoms with Gasteiger partial charge in [-0.05, 0) is 30.7 Å². The minimum atomic E-state index is -0.586. The first kappa shape index (κ1) is 15.0. The molecule has 0 aromatic carbocycles. The maximum absolute atomic E-state index is 12.1. The third kappa shape index (κ3) is 2.71. The fraction of sp³-hybridized carbons (Fsp3) is 0.571. The zero-order chi connectivity index (χ0) is 14.9. The number of hydrogen-bond acceptors (Lipinski definition) is 5. The molecule has 0 saturated heterocycles. The maximum Gasteiger partial charge on any atom is 0.341 e. The van der Waals surface area contributed by atoms with Crippen molar-refractivity contribution in [1.82, 2.24) is 0 Å². The van der Waals surface area contributed by atoms with Gasteiger partial charge in [-0.3, -0.25) is 4.79 Å². The molecular formula is C14H20N2O3S. The average molecular weight is 296 g/mol.